The van der Waals surface area contributed by atoms with Gasteiger partial charge in [0.25, 0.3) is 0 Å². The Morgan fingerprint density at radius 2 is 2.29 bits per heavy atom. The molecule has 2 aromatic rings. The number of hydrogen-bond acceptors (Lipinski definition) is 3. The number of rotatable bonds is 2. The fraction of sp³-hybridized carbons (Fsp3) is 0.100. The molecule has 7 heteroatoms. The SMILES string of the molecule is Cc1nn(-c2ncc(Cl)cc2F)cc1C(=O)O. The van der Waals surface area contributed by atoms with Gasteiger partial charge in [0.15, 0.2) is 11.6 Å². The molecular formula is C10H7ClFN3O2. The summed E-state index contributed by atoms with van der Waals surface area (Å²) in [7, 11) is 0. The molecule has 2 rings (SSSR count). The van der Waals surface area contributed by atoms with Crippen LogP contribution < -0.4 is 0 Å². The smallest absolute Gasteiger partial charge is 0.339 e. The minimum absolute atomic E-state index is 0.00106. The van der Waals surface area contributed by atoms with Gasteiger partial charge in [0, 0.05) is 12.4 Å². The summed E-state index contributed by atoms with van der Waals surface area (Å²) in [6, 6.07) is 1.08. The van der Waals surface area contributed by atoms with Gasteiger partial charge in [-0.2, -0.15) is 5.10 Å². The summed E-state index contributed by atoms with van der Waals surface area (Å²) >= 11 is 5.57. The van der Waals surface area contributed by atoms with E-state index in [-0.39, 0.29) is 22.1 Å². The third kappa shape index (κ3) is 2.12. The normalized spacial score (nSPS) is 10.5. The van der Waals surface area contributed by atoms with Gasteiger partial charge in [-0.15, -0.1) is 0 Å². The molecule has 0 amide bonds. The van der Waals surface area contributed by atoms with Crippen LogP contribution in [0.5, 0.6) is 0 Å². The highest BCUT2D eigenvalue weighted by molar-refractivity contribution is 6.30. The Bertz CT molecular complexity index is 597. The lowest BCUT2D eigenvalue weighted by Crippen LogP contribution is -2.01. The number of aryl methyl sites for hydroxylation is 1. The first-order valence-corrected chi connectivity index (χ1v) is 4.98. The minimum atomic E-state index is -1.12. The van der Waals surface area contributed by atoms with Gasteiger partial charge in [-0.1, -0.05) is 11.6 Å². The molecule has 2 aromatic heterocycles. The first-order chi connectivity index (χ1) is 7.99. The Balaban J connectivity index is 2.53. The molecule has 0 aromatic carbocycles. The minimum Gasteiger partial charge on any atom is -0.478 e. The predicted molar refractivity (Wildman–Crippen MR) is 58.0 cm³/mol. The summed E-state index contributed by atoms with van der Waals surface area (Å²) in [5.74, 6) is -1.88. The Labute approximate surface area is 100 Å². The molecule has 0 unspecified atom stereocenters. The molecular weight excluding hydrogens is 249 g/mol. The summed E-state index contributed by atoms with van der Waals surface area (Å²) in [5, 5.41) is 12.9. The number of carboxylic acid groups (broad SMARTS) is 1. The maximum Gasteiger partial charge on any atom is 0.339 e. The predicted octanol–water partition coefficient (Wildman–Crippen LogP) is 2.07. The van der Waals surface area contributed by atoms with Crippen molar-refractivity contribution in [3.8, 4) is 5.82 Å². The Hall–Kier alpha value is -1.95. The first-order valence-electron chi connectivity index (χ1n) is 4.60. The van der Waals surface area contributed by atoms with Crippen LogP contribution in [0.25, 0.3) is 5.82 Å². The van der Waals surface area contributed by atoms with E-state index < -0.39 is 11.8 Å². The number of aromatic carboxylic acids is 1. The average Bonchev–Trinajstić information content (AvgIpc) is 2.60. The number of aromatic nitrogens is 3. The summed E-state index contributed by atoms with van der Waals surface area (Å²) in [4.78, 5) is 14.6. The van der Waals surface area contributed by atoms with E-state index in [1.807, 2.05) is 0 Å². The van der Waals surface area contributed by atoms with E-state index in [0.717, 1.165) is 10.7 Å². The van der Waals surface area contributed by atoms with Gasteiger partial charge in [0.2, 0.25) is 0 Å². The van der Waals surface area contributed by atoms with Crippen molar-refractivity contribution < 1.29 is 14.3 Å². The molecule has 17 heavy (non-hydrogen) atoms. The van der Waals surface area contributed by atoms with E-state index >= 15 is 0 Å². The van der Waals surface area contributed by atoms with Crippen molar-refractivity contribution in [1.82, 2.24) is 14.8 Å². The number of carboxylic acids is 1. The second kappa shape index (κ2) is 4.14. The van der Waals surface area contributed by atoms with Crippen molar-refractivity contribution in [1.29, 1.82) is 0 Å². The molecule has 88 valence electrons. The maximum atomic E-state index is 13.5. The van der Waals surface area contributed by atoms with Gasteiger partial charge in [-0.25, -0.2) is 18.9 Å². The average molecular weight is 256 g/mol. The van der Waals surface area contributed by atoms with Crippen LogP contribution in [0.4, 0.5) is 4.39 Å². The van der Waals surface area contributed by atoms with E-state index in [1.54, 1.807) is 0 Å². The van der Waals surface area contributed by atoms with Crippen LogP contribution in [0.2, 0.25) is 5.02 Å². The van der Waals surface area contributed by atoms with Crippen molar-refractivity contribution in [2.75, 3.05) is 0 Å². The zero-order valence-electron chi connectivity index (χ0n) is 8.69. The molecule has 0 bridgehead atoms. The van der Waals surface area contributed by atoms with Gasteiger partial charge >= 0.3 is 5.97 Å². The van der Waals surface area contributed by atoms with Gasteiger partial charge in [-0.05, 0) is 13.0 Å². The molecule has 0 aliphatic carbocycles. The lowest BCUT2D eigenvalue weighted by atomic mass is 10.3. The fourth-order valence-electron chi connectivity index (χ4n) is 1.35. The van der Waals surface area contributed by atoms with Crippen LogP contribution >= 0.6 is 11.6 Å². The van der Waals surface area contributed by atoms with Gasteiger partial charge in [0.1, 0.15) is 5.56 Å². The van der Waals surface area contributed by atoms with Crippen molar-refractivity contribution in [3.63, 3.8) is 0 Å². The number of hydrogen-bond donors (Lipinski definition) is 1. The van der Waals surface area contributed by atoms with Crippen LogP contribution in [0.15, 0.2) is 18.5 Å². The highest BCUT2D eigenvalue weighted by Crippen LogP contribution is 2.16. The molecule has 1 N–H and O–H groups in total. The van der Waals surface area contributed by atoms with Crippen LogP contribution in [-0.4, -0.2) is 25.8 Å². The summed E-state index contributed by atoms with van der Waals surface area (Å²) in [6.07, 6.45) is 2.47. The number of halogens is 2. The molecule has 0 saturated carbocycles. The Morgan fingerprint density at radius 3 is 2.82 bits per heavy atom. The molecule has 0 fully saturated rings. The van der Waals surface area contributed by atoms with E-state index in [4.69, 9.17) is 16.7 Å². The quantitative estimate of drug-likeness (QED) is 0.892. The highest BCUT2D eigenvalue weighted by Gasteiger charge is 2.15. The molecule has 0 aliphatic heterocycles. The molecule has 0 saturated heterocycles. The zero-order chi connectivity index (χ0) is 12.6. The number of nitrogens with zero attached hydrogens (tertiary/aromatic N) is 3. The van der Waals surface area contributed by atoms with Crippen molar-refractivity contribution >= 4 is 17.6 Å². The van der Waals surface area contributed by atoms with Gasteiger partial charge in [0.05, 0.1) is 10.7 Å². The largest absolute Gasteiger partial charge is 0.478 e. The fourth-order valence-corrected chi connectivity index (χ4v) is 1.50. The van der Waals surface area contributed by atoms with Crippen LogP contribution in [0, 0.1) is 12.7 Å². The van der Waals surface area contributed by atoms with Crippen molar-refractivity contribution in [2.24, 2.45) is 0 Å². The first kappa shape index (κ1) is 11.5. The summed E-state index contributed by atoms with van der Waals surface area (Å²) in [5.41, 5.74) is 0.287. The molecule has 5 nitrogen and oxygen atoms in total. The topological polar surface area (TPSA) is 68.0 Å². The standard InChI is InChI=1S/C10H7ClFN3O2/c1-5-7(10(16)17)4-15(14-5)9-8(12)2-6(11)3-13-9/h2-4H,1H3,(H,16,17). The third-order valence-corrected chi connectivity index (χ3v) is 2.34. The third-order valence-electron chi connectivity index (χ3n) is 2.13. The Kier molecular flexibility index (Phi) is 2.81. The number of carbonyl (C=O) groups is 1. The second-order valence-corrected chi connectivity index (χ2v) is 3.77. The van der Waals surface area contributed by atoms with Gasteiger partial charge < -0.3 is 5.11 Å². The summed E-state index contributed by atoms with van der Waals surface area (Å²) < 4.78 is 14.6. The molecule has 2 heterocycles. The monoisotopic (exact) mass is 255 g/mol. The van der Waals surface area contributed by atoms with E-state index in [2.05, 4.69) is 10.1 Å². The van der Waals surface area contributed by atoms with Crippen LogP contribution in [-0.2, 0) is 0 Å². The summed E-state index contributed by atoms with van der Waals surface area (Å²) in [6.45, 7) is 1.52. The Morgan fingerprint density at radius 1 is 1.59 bits per heavy atom. The number of pyridine rings is 1. The molecule has 0 spiro atoms. The second-order valence-electron chi connectivity index (χ2n) is 3.34. The lowest BCUT2D eigenvalue weighted by Gasteiger charge is -2.01. The van der Waals surface area contributed by atoms with Crippen LogP contribution in [0.1, 0.15) is 16.1 Å². The molecule has 0 aliphatic rings. The van der Waals surface area contributed by atoms with Crippen LogP contribution in [0.3, 0.4) is 0 Å². The lowest BCUT2D eigenvalue weighted by molar-refractivity contribution is 0.0696. The van der Waals surface area contributed by atoms with E-state index in [9.17, 15) is 9.18 Å². The van der Waals surface area contributed by atoms with Crippen molar-refractivity contribution in [2.45, 2.75) is 6.92 Å². The molecule has 0 radical (unpaired) electrons. The van der Waals surface area contributed by atoms with Crippen molar-refractivity contribution in [3.05, 3.63) is 40.6 Å². The highest BCUT2D eigenvalue weighted by atomic mass is 35.5. The van der Waals surface area contributed by atoms with E-state index in [1.165, 1.54) is 19.3 Å². The maximum absolute atomic E-state index is 13.5. The van der Waals surface area contributed by atoms with E-state index in [0.29, 0.717) is 0 Å². The molecule has 0 atom stereocenters. The zero-order valence-corrected chi connectivity index (χ0v) is 9.44. The van der Waals surface area contributed by atoms with Gasteiger partial charge in [-0.3, -0.25) is 0 Å².